The second-order valence-electron chi connectivity index (χ2n) is 5.87. The zero-order chi connectivity index (χ0) is 20.2. The van der Waals surface area contributed by atoms with Gasteiger partial charge in [-0.05, 0) is 18.6 Å². The summed E-state index contributed by atoms with van der Waals surface area (Å²) in [6, 6.07) is 6.21. The predicted molar refractivity (Wildman–Crippen MR) is 97.0 cm³/mol. The van der Waals surface area contributed by atoms with Gasteiger partial charge in [0.05, 0.1) is 6.61 Å². The first-order chi connectivity index (χ1) is 12.7. The van der Waals surface area contributed by atoms with E-state index < -0.39 is 23.3 Å². The predicted octanol–water partition coefficient (Wildman–Crippen LogP) is 4.25. The highest BCUT2D eigenvalue weighted by Crippen LogP contribution is 2.43. The molecule has 0 aliphatic heterocycles. The van der Waals surface area contributed by atoms with E-state index in [-0.39, 0.29) is 18.5 Å². The van der Waals surface area contributed by atoms with Crippen molar-refractivity contribution in [3.8, 4) is 0 Å². The van der Waals surface area contributed by atoms with E-state index in [1.54, 1.807) is 30.4 Å². The van der Waals surface area contributed by atoms with Crippen LogP contribution in [-0.4, -0.2) is 28.4 Å². The Bertz CT molecular complexity index is 895. The van der Waals surface area contributed by atoms with Gasteiger partial charge in [0.2, 0.25) is 0 Å². The van der Waals surface area contributed by atoms with Crippen LogP contribution < -0.4 is 0 Å². The number of nitrogens with zero attached hydrogens (tertiary/aromatic N) is 1. The summed E-state index contributed by atoms with van der Waals surface area (Å²) in [6.45, 7) is 8.64. The van der Waals surface area contributed by atoms with Gasteiger partial charge in [0.1, 0.15) is 0 Å². The van der Waals surface area contributed by atoms with Crippen LogP contribution in [0.3, 0.4) is 0 Å². The number of esters is 1. The number of halogens is 3. The summed E-state index contributed by atoms with van der Waals surface area (Å²) in [5.74, 6) is -1.76. The minimum atomic E-state index is -5.26. The van der Waals surface area contributed by atoms with E-state index >= 15 is 0 Å². The van der Waals surface area contributed by atoms with E-state index in [2.05, 4.69) is 17.9 Å². The lowest BCUT2D eigenvalue weighted by atomic mass is 9.92. The third-order valence-corrected chi connectivity index (χ3v) is 4.00. The van der Waals surface area contributed by atoms with E-state index in [9.17, 15) is 23.1 Å². The normalized spacial score (nSPS) is 14.3. The number of hydrogen-bond acceptors (Lipinski definition) is 3. The molecule has 0 fully saturated rings. The maximum absolute atomic E-state index is 13.7. The van der Waals surface area contributed by atoms with Crippen molar-refractivity contribution in [1.29, 1.82) is 0 Å². The van der Waals surface area contributed by atoms with Gasteiger partial charge in [-0.15, -0.1) is 0 Å². The van der Waals surface area contributed by atoms with Gasteiger partial charge < -0.3 is 14.4 Å². The van der Waals surface area contributed by atoms with Crippen LogP contribution in [-0.2, 0) is 21.7 Å². The Morgan fingerprint density at radius 2 is 2.00 bits per heavy atom. The summed E-state index contributed by atoms with van der Waals surface area (Å²) in [5, 5.41) is 10.5. The Hall–Kier alpha value is -2.80. The van der Waals surface area contributed by atoms with Crippen LogP contribution in [0, 0.1) is 0 Å². The molecule has 2 rings (SSSR count). The Morgan fingerprint density at radius 3 is 2.59 bits per heavy atom. The molecule has 1 aromatic heterocycles. The van der Waals surface area contributed by atoms with Crippen LogP contribution in [0.4, 0.5) is 13.2 Å². The molecule has 27 heavy (non-hydrogen) atoms. The number of allylic oxidation sites excluding steroid dienone is 4. The lowest BCUT2D eigenvalue weighted by Gasteiger charge is -2.27. The molecule has 1 aromatic carbocycles. The molecule has 1 unspecified atom stereocenters. The van der Waals surface area contributed by atoms with Gasteiger partial charge in [-0.3, -0.25) is 0 Å². The molecular formula is C20H20F3NO3. The van der Waals surface area contributed by atoms with Crippen molar-refractivity contribution in [2.24, 2.45) is 0 Å². The average Bonchev–Trinajstić information content (AvgIpc) is 2.97. The van der Waals surface area contributed by atoms with Gasteiger partial charge in [0.15, 0.2) is 0 Å². The van der Waals surface area contributed by atoms with Gasteiger partial charge in [0.25, 0.3) is 5.60 Å². The Labute approximate surface area is 154 Å². The lowest BCUT2D eigenvalue weighted by molar-refractivity contribution is -0.267. The van der Waals surface area contributed by atoms with E-state index in [0.29, 0.717) is 11.1 Å². The maximum Gasteiger partial charge on any atom is 0.432 e. The van der Waals surface area contributed by atoms with E-state index in [1.807, 2.05) is 0 Å². The fraction of sp³-hybridized carbons (Fsp3) is 0.250. The van der Waals surface area contributed by atoms with Crippen LogP contribution in [0.25, 0.3) is 10.9 Å². The topological polar surface area (TPSA) is 51.5 Å². The quantitative estimate of drug-likeness (QED) is 0.578. The van der Waals surface area contributed by atoms with Crippen LogP contribution in [0.5, 0.6) is 0 Å². The monoisotopic (exact) mass is 379 g/mol. The van der Waals surface area contributed by atoms with Gasteiger partial charge in [-0.2, -0.15) is 13.2 Å². The highest BCUT2D eigenvalue weighted by Gasteiger charge is 2.63. The number of aliphatic hydroxyl groups is 1. The second kappa shape index (κ2) is 7.84. The molecule has 7 heteroatoms. The molecule has 1 heterocycles. The number of carbonyl (C=O) groups is 1. The lowest BCUT2D eigenvalue weighted by Crippen LogP contribution is -2.50. The zero-order valence-electron chi connectivity index (χ0n) is 14.8. The molecule has 0 radical (unpaired) electrons. The van der Waals surface area contributed by atoms with E-state index in [0.717, 1.165) is 6.20 Å². The van der Waals surface area contributed by atoms with Crippen molar-refractivity contribution in [2.75, 3.05) is 6.61 Å². The molecule has 1 N–H and O–H groups in total. The molecular weight excluding hydrogens is 359 g/mol. The molecule has 0 saturated carbocycles. The summed E-state index contributed by atoms with van der Waals surface area (Å²) in [6.07, 6.45) is 0.728. The van der Waals surface area contributed by atoms with Crippen LogP contribution in [0.1, 0.15) is 12.5 Å². The number of carbonyl (C=O) groups excluding carboxylic acids is 1. The number of benzene rings is 1. The third kappa shape index (κ3) is 3.83. The number of fused-ring (bicyclic) bond motifs is 1. The molecule has 2 aromatic rings. The summed E-state index contributed by atoms with van der Waals surface area (Å²) < 4.78 is 47.2. The SMILES string of the molecule is C=C/C=C\C(=C)Cn1cc(C(O)(C(=O)OCC)C(F)(F)F)c2ccccc21. The molecule has 0 saturated heterocycles. The number of rotatable bonds is 7. The second-order valence-corrected chi connectivity index (χ2v) is 5.87. The molecule has 0 aliphatic rings. The molecule has 0 amide bonds. The Balaban J connectivity index is 2.67. The van der Waals surface area contributed by atoms with Gasteiger partial charge >= 0.3 is 12.1 Å². The van der Waals surface area contributed by atoms with Gasteiger partial charge in [-0.25, -0.2) is 4.79 Å². The number of ether oxygens (including phenoxy) is 1. The first kappa shape index (κ1) is 20.5. The van der Waals surface area contributed by atoms with Crippen LogP contribution in [0.15, 0.2) is 67.4 Å². The van der Waals surface area contributed by atoms with Crippen molar-refractivity contribution in [3.63, 3.8) is 0 Å². The van der Waals surface area contributed by atoms with E-state index in [4.69, 9.17) is 0 Å². The summed E-state index contributed by atoms with van der Waals surface area (Å²) in [7, 11) is 0. The molecule has 1 atom stereocenters. The van der Waals surface area contributed by atoms with Crippen LogP contribution in [0.2, 0.25) is 0 Å². The van der Waals surface area contributed by atoms with Crippen molar-refractivity contribution in [3.05, 3.63) is 73.0 Å². The van der Waals surface area contributed by atoms with Crippen molar-refractivity contribution >= 4 is 16.9 Å². The van der Waals surface area contributed by atoms with Crippen LogP contribution >= 0.6 is 0 Å². The molecule has 0 bridgehead atoms. The first-order valence-corrected chi connectivity index (χ1v) is 8.18. The average molecular weight is 379 g/mol. The molecule has 0 spiro atoms. The fourth-order valence-electron chi connectivity index (χ4n) is 2.76. The number of aromatic nitrogens is 1. The standard InChI is InChI=1S/C20H20F3NO3/c1-4-6-9-14(3)12-24-13-16(15-10-7-8-11-17(15)24)19(26,20(21,22)23)18(25)27-5-2/h4,6-11,13,26H,1,3,5,12H2,2H3/b9-6-. The largest absolute Gasteiger partial charge is 0.463 e. The molecule has 4 nitrogen and oxygen atoms in total. The number of para-hydroxylation sites is 1. The van der Waals surface area contributed by atoms with Crippen molar-refractivity contribution < 1.29 is 27.8 Å². The Morgan fingerprint density at radius 1 is 1.33 bits per heavy atom. The highest BCUT2D eigenvalue weighted by molar-refractivity contribution is 5.92. The fourth-order valence-corrected chi connectivity index (χ4v) is 2.76. The van der Waals surface area contributed by atoms with Gasteiger partial charge in [0, 0.05) is 29.2 Å². The van der Waals surface area contributed by atoms with E-state index in [1.165, 1.54) is 23.6 Å². The highest BCUT2D eigenvalue weighted by atomic mass is 19.4. The molecule has 144 valence electrons. The van der Waals surface area contributed by atoms with Crippen molar-refractivity contribution in [1.82, 2.24) is 4.57 Å². The maximum atomic E-state index is 13.7. The minimum Gasteiger partial charge on any atom is -0.463 e. The van der Waals surface area contributed by atoms with Gasteiger partial charge in [-0.1, -0.05) is 49.6 Å². The third-order valence-electron chi connectivity index (χ3n) is 4.00. The number of hydrogen-bond donors (Lipinski definition) is 1. The summed E-state index contributed by atoms with van der Waals surface area (Å²) in [5.41, 5.74) is -3.32. The minimum absolute atomic E-state index is 0.103. The smallest absolute Gasteiger partial charge is 0.432 e. The molecule has 0 aliphatic carbocycles. The summed E-state index contributed by atoms with van der Waals surface area (Å²) >= 11 is 0. The summed E-state index contributed by atoms with van der Waals surface area (Å²) in [4.78, 5) is 12.1. The van der Waals surface area contributed by atoms with Crippen molar-refractivity contribution in [2.45, 2.75) is 25.2 Å². The first-order valence-electron chi connectivity index (χ1n) is 8.18. The Kier molecular flexibility index (Phi) is 5.95. The number of alkyl halides is 3. The zero-order valence-corrected chi connectivity index (χ0v) is 14.8.